The lowest BCUT2D eigenvalue weighted by molar-refractivity contribution is 0.0997. The number of amides is 1. The molecule has 150 valence electrons. The van der Waals surface area contributed by atoms with Crippen LogP contribution in [0.25, 0.3) is 10.2 Å². The Bertz CT molecular complexity index is 1310. The Labute approximate surface area is 187 Å². The molecule has 0 unspecified atom stereocenters. The molecule has 1 heterocycles. The molecule has 0 radical (unpaired) electrons. The zero-order chi connectivity index (χ0) is 21.1. The Morgan fingerprint density at radius 1 is 1.07 bits per heavy atom. The summed E-state index contributed by atoms with van der Waals surface area (Å²) < 4.78 is 8.52. The van der Waals surface area contributed by atoms with Crippen molar-refractivity contribution in [3.8, 4) is 11.5 Å². The van der Waals surface area contributed by atoms with Crippen molar-refractivity contribution in [2.45, 2.75) is 6.54 Å². The Morgan fingerprint density at radius 2 is 1.83 bits per heavy atom. The monoisotopic (exact) mass is 454 g/mol. The van der Waals surface area contributed by atoms with Crippen molar-refractivity contribution >= 4 is 50.7 Å². The molecule has 1 aromatic heterocycles. The van der Waals surface area contributed by atoms with Crippen molar-refractivity contribution in [3.63, 3.8) is 0 Å². The number of benzene rings is 3. The number of fused-ring (bicyclic) bond motifs is 1. The average molecular weight is 455 g/mol. The number of carbonyl (C=O) groups excluding carboxylic acids is 1. The van der Waals surface area contributed by atoms with Crippen molar-refractivity contribution in [2.75, 3.05) is 0 Å². The van der Waals surface area contributed by atoms with Crippen LogP contribution >= 0.6 is 34.5 Å². The maximum Gasteiger partial charge on any atom is 0.279 e. The summed E-state index contributed by atoms with van der Waals surface area (Å²) in [5, 5.41) is 1.03. The summed E-state index contributed by atoms with van der Waals surface area (Å²) in [6.45, 7) is 4.25. The van der Waals surface area contributed by atoms with Crippen LogP contribution in [0.5, 0.6) is 11.5 Å². The molecule has 4 rings (SSSR count). The summed E-state index contributed by atoms with van der Waals surface area (Å²) in [6.07, 6.45) is 1.73. The molecule has 0 saturated carbocycles. The highest BCUT2D eigenvalue weighted by atomic mass is 35.5. The van der Waals surface area contributed by atoms with Crippen LogP contribution in [0.2, 0.25) is 10.0 Å². The van der Waals surface area contributed by atoms with E-state index in [0.29, 0.717) is 38.5 Å². The van der Waals surface area contributed by atoms with Gasteiger partial charge in [0, 0.05) is 17.1 Å². The van der Waals surface area contributed by atoms with Gasteiger partial charge in [0.15, 0.2) is 4.80 Å². The molecule has 0 fully saturated rings. The van der Waals surface area contributed by atoms with E-state index in [0.717, 1.165) is 10.2 Å². The minimum Gasteiger partial charge on any atom is -0.457 e. The number of allylic oxidation sites excluding steroid dienone is 1. The molecule has 0 aliphatic heterocycles. The van der Waals surface area contributed by atoms with Gasteiger partial charge >= 0.3 is 0 Å². The molecular formula is C23H16Cl2N2O2S. The smallest absolute Gasteiger partial charge is 0.279 e. The fourth-order valence-corrected chi connectivity index (χ4v) is 4.80. The molecule has 0 aliphatic rings. The number of hydrogen-bond donors (Lipinski definition) is 0. The van der Waals surface area contributed by atoms with Crippen molar-refractivity contribution in [1.82, 2.24) is 4.57 Å². The molecule has 0 aliphatic carbocycles. The number of hydrogen-bond acceptors (Lipinski definition) is 3. The molecule has 30 heavy (non-hydrogen) atoms. The molecule has 0 saturated heterocycles. The van der Waals surface area contributed by atoms with Gasteiger partial charge in [-0.1, -0.05) is 64.9 Å². The number of carbonyl (C=O) groups is 1. The van der Waals surface area contributed by atoms with E-state index in [1.165, 1.54) is 11.3 Å². The third-order valence-electron chi connectivity index (χ3n) is 4.26. The van der Waals surface area contributed by atoms with Gasteiger partial charge in [-0.05, 0) is 42.5 Å². The van der Waals surface area contributed by atoms with E-state index in [9.17, 15) is 4.79 Å². The lowest BCUT2D eigenvalue weighted by Crippen LogP contribution is -2.16. The molecule has 0 atom stereocenters. The number of nitrogens with zero attached hydrogens (tertiary/aromatic N) is 2. The number of aromatic nitrogens is 1. The fraction of sp³-hybridized carbons (Fsp3) is 0.0435. The Hall–Kier alpha value is -2.86. The highest BCUT2D eigenvalue weighted by Gasteiger charge is 2.13. The largest absolute Gasteiger partial charge is 0.457 e. The third kappa shape index (κ3) is 4.33. The summed E-state index contributed by atoms with van der Waals surface area (Å²) in [7, 11) is 0. The van der Waals surface area contributed by atoms with Crippen molar-refractivity contribution in [1.29, 1.82) is 0 Å². The predicted octanol–water partition coefficient (Wildman–Crippen LogP) is 6.73. The van der Waals surface area contributed by atoms with Crippen LogP contribution in [0.4, 0.5) is 0 Å². The van der Waals surface area contributed by atoms with Crippen LogP contribution in [-0.2, 0) is 6.54 Å². The molecule has 1 amide bonds. The first-order valence-corrected chi connectivity index (χ1v) is 10.6. The number of rotatable bonds is 5. The first-order valence-electron chi connectivity index (χ1n) is 9.06. The van der Waals surface area contributed by atoms with E-state index in [4.69, 9.17) is 27.9 Å². The second-order valence-corrected chi connectivity index (χ2v) is 8.23. The Balaban J connectivity index is 1.73. The lowest BCUT2D eigenvalue weighted by atomic mass is 10.2. The zero-order valence-corrected chi connectivity index (χ0v) is 18.0. The summed E-state index contributed by atoms with van der Waals surface area (Å²) >= 11 is 13.9. The highest BCUT2D eigenvalue weighted by Crippen LogP contribution is 2.30. The first-order chi connectivity index (χ1) is 14.5. The van der Waals surface area contributed by atoms with Crippen LogP contribution in [0.1, 0.15) is 10.4 Å². The molecule has 0 N–H and O–H groups in total. The van der Waals surface area contributed by atoms with Crippen molar-refractivity contribution in [3.05, 3.63) is 99.8 Å². The van der Waals surface area contributed by atoms with Gasteiger partial charge in [-0.15, -0.1) is 6.58 Å². The Kier molecular flexibility index (Phi) is 6.04. The van der Waals surface area contributed by atoms with Crippen LogP contribution < -0.4 is 9.54 Å². The highest BCUT2D eigenvalue weighted by molar-refractivity contribution is 7.16. The number of para-hydroxylation sites is 1. The number of thiazole rings is 1. The number of halogens is 2. The summed E-state index contributed by atoms with van der Waals surface area (Å²) in [5.74, 6) is 0.881. The van der Waals surface area contributed by atoms with Crippen molar-refractivity contribution in [2.24, 2.45) is 4.99 Å². The van der Waals surface area contributed by atoms with Crippen LogP contribution in [-0.4, -0.2) is 10.5 Å². The molecule has 4 nitrogen and oxygen atoms in total. The van der Waals surface area contributed by atoms with Gasteiger partial charge in [0.2, 0.25) is 0 Å². The van der Waals surface area contributed by atoms with E-state index >= 15 is 0 Å². The van der Waals surface area contributed by atoms with E-state index in [2.05, 4.69) is 11.6 Å². The van der Waals surface area contributed by atoms with Gasteiger partial charge < -0.3 is 9.30 Å². The molecule has 4 aromatic rings. The predicted molar refractivity (Wildman–Crippen MR) is 123 cm³/mol. The van der Waals surface area contributed by atoms with E-state index in [1.54, 1.807) is 36.4 Å². The molecule has 7 heteroatoms. The zero-order valence-electron chi connectivity index (χ0n) is 15.7. The van der Waals surface area contributed by atoms with Crippen LogP contribution in [0.15, 0.2) is 84.4 Å². The van der Waals surface area contributed by atoms with Gasteiger partial charge in [0.05, 0.1) is 15.2 Å². The molecular weight excluding hydrogens is 439 g/mol. The molecule has 0 spiro atoms. The minimum atomic E-state index is -0.375. The van der Waals surface area contributed by atoms with E-state index in [1.807, 2.05) is 41.0 Å². The normalized spacial score (nSPS) is 11.6. The molecule has 0 bridgehead atoms. The minimum absolute atomic E-state index is 0.375. The van der Waals surface area contributed by atoms with Gasteiger partial charge in [-0.2, -0.15) is 4.99 Å². The second kappa shape index (κ2) is 8.88. The maximum atomic E-state index is 12.9. The fourth-order valence-electron chi connectivity index (χ4n) is 2.98. The average Bonchev–Trinajstić information content (AvgIpc) is 3.06. The summed E-state index contributed by atoms with van der Waals surface area (Å²) in [6, 6.07) is 19.8. The van der Waals surface area contributed by atoms with Crippen LogP contribution in [0.3, 0.4) is 0 Å². The quantitative estimate of drug-likeness (QED) is 0.313. The summed E-state index contributed by atoms with van der Waals surface area (Å²) in [4.78, 5) is 17.8. The lowest BCUT2D eigenvalue weighted by Gasteiger charge is -2.06. The first kappa shape index (κ1) is 20.4. The van der Waals surface area contributed by atoms with E-state index < -0.39 is 0 Å². The number of ether oxygens (including phenoxy) is 1. The van der Waals surface area contributed by atoms with Gasteiger partial charge in [0.1, 0.15) is 11.5 Å². The van der Waals surface area contributed by atoms with Gasteiger partial charge in [0.25, 0.3) is 5.91 Å². The SMILES string of the molecule is C=CCn1c(=NC(=O)c2cccc(Oc3ccccc3)c2)sc2cc(Cl)cc(Cl)c21. The van der Waals surface area contributed by atoms with Crippen molar-refractivity contribution < 1.29 is 9.53 Å². The molecule has 3 aromatic carbocycles. The Morgan fingerprint density at radius 3 is 2.60 bits per heavy atom. The standard InChI is InChI=1S/C23H16Cl2N2O2S/c1-2-11-27-21-19(25)13-16(24)14-20(21)30-23(27)26-22(28)15-7-6-10-18(12-15)29-17-8-4-3-5-9-17/h2-10,12-14H,1,11H2. The third-order valence-corrected chi connectivity index (χ3v) is 5.80. The van der Waals surface area contributed by atoms with Crippen LogP contribution in [0, 0.1) is 0 Å². The second-order valence-electron chi connectivity index (χ2n) is 6.38. The summed E-state index contributed by atoms with van der Waals surface area (Å²) in [5.41, 5.74) is 1.20. The van der Waals surface area contributed by atoms with Gasteiger partial charge in [-0.3, -0.25) is 4.79 Å². The topological polar surface area (TPSA) is 43.6 Å². The van der Waals surface area contributed by atoms with E-state index in [-0.39, 0.29) is 5.91 Å². The maximum absolute atomic E-state index is 12.9. The van der Waals surface area contributed by atoms with Gasteiger partial charge in [-0.25, -0.2) is 0 Å².